The summed E-state index contributed by atoms with van der Waals surface area (Å²) in [6.07, 6.45) is 4.70. The highest BCUT2D eigenvalue weighted by Gasteiger charge is 2.24. The van der Waals surface area contributed by atoms with Gasteiger partial charge in [-0.15, -0.1) is 0 Å². The van der Waals surface area contributed by atoms with Crippen molar-refractivity contribution in [2.75, 3.05) is 16.8 Å². The van der Waals surface area contributed by atoms with Gasteiger partial charge in [-0.25, -0.2) is 9.97 Å². The maximum Gasteiger partial charge on any atom is 0.274 e. The smallest absolute Gasteiger partial charge is 0.274 e. The molecule has 1 N–H and O–H groups in total. The van der Waals surface area contributed by atoms with Crippen molar-refractivity contribution in [1.29, 1.82) is 0 Å². The highest BCUT2D eigenvalue weighted by Crippen LogP contribution is 2.27. The molecular weight excluding hydrogens is 336 g/mol. The quantitative estimate of drug-likeness (QED) is 0.815. The number of aromatic nitrogens is 2. The molecule has 5 heteroatoms. The van der Waals surface area contributed by atoms with Crippen molar-refractivity contribution in [3.05, 3.63) is 47.4 Å². The van der Waals surface area contributed by atoms with Crippen LogP contribution in [-0.4, -0.2) is 28.5 Å². The van der Waals surface area contributed by atoms with Gasteiger partial charge in [0, 0.05) is 24.3 Å². The van der Waals surface area contributed by atoms with Gasteiger partial charge >= 0.3 is 0 Å². The van der Waals surface area contributed by atoms with Crippen molar-refractivity contribution in [3.8, 4) is 0 Å². The van der Waals surface area contributed by atoms with E-state index in [2.05, 4.69) is 47.0 Å². The molecule has 27 heavy (non-hydrogen) atoms. The number of aryl methyl sites for hydroxylation is 1. The molecule has 0 radical (unpaired) electrons. The van der Waals surface area contributed by atoms with Gasteiger partial charge in [0.05, 0.1) is 0 Å². The van der Waals surface area contributed by atoms with Gasteiger partial charge in [0.15, 0.2) is 0 Å². The number of nitrogens with zero attached hydrogens (tertiary/aromatic N) is 3. The number of hydrogen-bond acceptors (Lipinski definition) is 4. The lowest BCUT2D eigenvalue weighted by molar-refractivity contribution is 0.102. The zero-order valence-corrected chi connectivity index (χ0v) is 16.8. The first-order valence-corrected chi connectivity index (χ1v) is 10.0. The molecule has 2 heterocycles. The number of piperidine rings is 1. The molecule has 144 valence electrons. The lowest BCUT2D eigenvalue weighted by atomic mass is 10.00. The van der Waals surface area contributed by atoms with Crippen LogP contribution in [0.1, 0.15) is 74.2 Å². The summed E-state index contributed by atoms with van der Waals surface area (Å²) in [6, 6.07) is 10.3. The number of nitrogens with one attached hydrogen (secondary N) is 1. The molecule has 1 unspecified atom stereocenters. The Balaban J connectivity index is 1.87. The number of hydrogen-bond donors (Lipinski definition) is 1. The molecule has 0 aliphatic carbocycles. The number of benzene rings is 1. The molecule has 1 atom stereocenters. The van der Waals surface area contributed by atoms with E-state index >= 15 is 0 Å². The van der Waals surface area contributed by atoms with Crippen LogP contribution in [0.5, 0.6) is 0 Å². The number of carbonyl (C=O) groups excluding carboxylic acids is 1. The van der Waals surface area contributed by atoms with Crippen molar-refractivity contribution in [2.24, 2.45) is 0 Å². The normalized spacial score (nSPS) is 17.2. The Bertz CT molecular complexity index is 803. The zero-order valence-electron chi connectivity index (χ0n) is 16.8. The Labute approximate surface area is 162 Å². The van der Waals surface area contributed by atoms with Gasteiger partial charge in [-0.3, -0.25) is 4.79 Å². The molecule has 2 aromatic rings. The minimum atomic E-state index is -0.181. The predicted octanol–water partition coefficient (Wildman–Crippen LogP) is 4.93. The van der Waals surface area contributed by atoms with Gasteiger partial charge < -0.3 is 10.2 Å². The largest absolute Gasteiger partial charge is 0.354 e. The summed E-state index contributed by atoms with van der Waals surface area (Å²) in [5.74, 6) is 1.66. The lowest BCUT2D eigenvalue weighted by Gasteiger charge is -2.36. The maximum atomic E-state index is 12.9. The third-order valence-corrected chi connectivity index (χ3v) is 5.28. The molecule has 1 aromatic heterocycles. The van der Waals surface area contributed by atoms with Crippen LogP contribution in [0.3, 0.4) is 0 Å². The second kappa shape index (κ2) is 8.51. The van der Waals surface area contributed by atoms with Crippen LogP contribution in [0.15, 0.2) is 30.3 Å². The van der Waals surface area contributed by atoms with E-state index in [0.717, 1.165) is 30.0 Å². The van der Waals surface area contributed by atoms with Gasteiger partial charge in [-0.1, -0.05) is 39.0 Å². The molecule has 1 fully saturated rings. The van der Waals surface area contributed by atoms with Crippen molar-refractivity contribution in [2.45, 2.75) is 65.3 Å². The molecule has 0 spiro atoms. The topological polar surface area (TPSA) is 58.1 Å². The fourth-order valence-electron chi connectivity index (χ4n) is 3.84. The number of anilines is 2. The minimum Gasteiger partial charge on any atom is -0.354 e. The second-order valence-corrected chi connectivity index (χ2v) is 7.61. The monoisotopic (exact) mass is 366 g/mol. The van der Waals surface area contributed by atoms with E-state index in [1.165, 1.54) is 19.3 Å². The average Bonchev–Trinajstić information content (AvgIpc) is 2.67. The van der Waals surface area contributed by atoms with Crippen LogP contribution in [0.4, 0.5) is 11.5 Å². The molecule has 1 amide bonds. The van der Waals surface area contributed by atoms with Gasteiger partial charge in [-0.2, -0.15) is 0 Å². The predicted molar refractivity (Wildman–Crippen MR) is 111 cm³/mol. The van der Waals surface area contributed by atoms with Crippen molar-refractivity contribution < 1.29 is 4.79 Å². The summed E-state index contributed by atoms with van der Waals surface area (Å²) in [4.78, 5) is 24.3. The van der Waals surface area contributed by atoms with Crippen LogP contribution in [-0.2, 0) is 0 Å². The lowest BCUT2D eigenvalue weighted by Crippen LogP contribution is -2.40. The summed E-state index contributed by atoms with van der Waals surface area (Å²) in [5.41, 5.74) is 2.40. The Hall–Kier alpha value is -2.43. The Kier molecular flexibility index (Phi) is 6.09. The number of para-hydroxylation sites is 1. The SMILES string of the molecule is CCC1CCCCN1c1cc(C(=O)Nc2ccccc2C(C)C)nc(C)n1. The van der Waals surface area contributed by atoms with Gasteiger partial charge in [0.25, 0.3) is 5.91 Å². The summed E-state index contributed by atoms with van der Waals surface area (Å²) >= 11 is 0. The highest BCUT2D eigenvalue weighted by molar-refractivity contribution is 6.03. The number of amides is 1. The first-order chi connectivity index (χ1) is 13.0. The molecular formula is C22H30N4O. The van der Waals surface area contributed by atoms with E-state index in [4.69, 9.17) is 0 Å². The van der Waals surface area contributed by atoms with Gasteiger partial charge in [-0.05, 0) is 50.2 Å². The highest BCUT2D eigenvalue weighted by atomic mass is 16.1. The molecule has 3 rings (SSSR count). The molecule has 1 aromatic carbocycles. The van der Waals surface area contributed by atoms with E-state index in [-0.39, 0.29) is 5.91 Å². The number of rotatable bonds is 5. The molecule has 1 aliphatic rings. The second-order valence-electron chi connectivity index (χ2n) is 7.61. The maximum absolute atomic E-state index is 12.9. The standard InChI is InChI=1S/C22H30N4O/c1-5-17-10-8-9-13-26(17)21-14-20(23-16(4)24-21)22(27)25-19-12-7-6-11-18(19)15(2)3/h6-7,11-12,14-15,17H,5,8-10,13H2,1-4H3,(H,25,27). The van der Waals surface area contributed by atoms with Gasteiger partial charge in [0.2, 0.25) is 0 Å². The van der Waals surface area contributed by atoms with E-state index in [9.17, 15) is 4.79 Å². The van der Waals surface area contributed by atoms with Crippen molar-refractivity contribution >= 4 is 17.4 Å². The summed E-state index contributed by atoms with van der Waals surface area (Å²) < 4.78 is 0. The van der Waals surface area contributed by atoms with Crippen molar-refractivity contribution in [1.82, 2.24) is 9.97 Å². The molecule has 1 aliphatic heterocycles. The molecule has 0 saturated carbocycles. The van der Waals surface area contributed by atoms with E-state index < -0.39 is 0 Å². The third-order valence-electron chi connectivity index (χ3n) is 5.28. The van der Waals surface area contributed by atoms with Crippen LogP contribution >= 0.6 is 0 Å². The Morgan fingerprint density at radius 2 is 2.04 bits per heavy atom. The average molecular weight is 367 g/mol. The van der Waals surface area contributed by atoms with Crippen LogP contribution < -0.4 is 10.2 Å². The van der Waals surface area contributed by atoms with Crippen molar-refractivity contribution in [3.63, 3.8) is 0 Å². The first kappa shape index (κ1) is 19.3. The minimum absolute atomic E-state index is 0.181. The van der Waals surface area contributed by atoms with E-state index in [0.29, 0.717) is 23.5 Å². The first-order valence-electron chi connectivity index (χ1n) is 10.0. The molecule has 1 saturated heterocycles. The Morgan fingerprint density at radius 1 is 1.26 bits per heavy atom. The molecule has 0 bridgehead atoms. The number of carbonyl (C=O) groups is 1. The summed E-state index contributed by atoms with van der Waals surface area (Å²) in [5, 5.41) is 3.04. The van der Waals surface area contributed by atoms with Crippen LogP contribution in [0.2, 0.25) is 0 Å². The molecule has 5 nitrogen and oxygen atoms in total. The zero-order chi connectivity index (χ0) is 19.4. The van der Waals surface area contributed by atoms with E-state index in [1.807, 2.05) is 31.2 Å². The van der Waals surface area contributed by atoms with Crippen LogP contribution in [0.25, 0.3) is 0 Å². The summed E-state index contributed by atoms with van der Waals surface area (Å²) in [7, 11) is 0. The van der Waals surface area contributed by atoms with Crippen LogP contribution in [0, 0.1) is 6.92 Å². The summed E-state index contributed by atoms with van der Waals surface area (Å²) in [6.45, 7) is 9.31. The van der Waals surface area contributed by atoms with Gasteiger partial charge in [0.1, 0.15) is 17.3 Å². The fraction of sp³-hybridized carbons (Fsp3) is 0.500. The Morgan fingerprint density at radius 3 is 2.78 bits per heavy atom. The van der Waals surface area contributed by atoms with E-state index in [1.54, 1.807) is 0 Å². The third kappa shape index (κ3) is 4.46. The fourth-order valence-corrected chi connectivity index (χ4v) is 3.84.